The van der Waals surface area contributed by atoms with Crippen LogP contribution in [0.4, 0.5) is 4.39 Å². The van der Waals surface area contributed by atoms with Crippen molar-refractivity contribution < 1.29 is 4.39 Å². The fraction of sp³-hybridized carbons (Fsp3) is 0.600. The Balaban J connectivity index is 1.88. The van der Waals surface area contributed by atoms with Gasteiger partial charge in [-0.05, 0) is 63.5 Å². The van der Waals surface area contributed by atoms with Gasteiger partial charge < -0.3 is 10.2 Å². The predicted molar refractivity (Wildman–Crippen MR) is 73.1 cm³/mol. The molecule has 1 aromatic carbocycles. The van der Waals surface area contributed by atoms with E-state index in [0.717, 1.165) is 18.7 Å². The third-order valence-corrected chi connectivity index (χ3v) is 4.31. The molecule has 2 nitrogen and oxygen atoms in total. The minimum atomic E-state index is -0.153. The van der Waals surface area contributed by atoms with E-state index < -0.39 is 0 Å². The van der Waals surface area contributed by atoms with Crippen LogP contribution < -0.4 is 5.32 Å². The van der Waals surface area contributed by atoms with Gasteiger partial charge in [-0.15, -0.1) is 0 Å². The third kappa shape index (κ3) is 2.73. The molecule has 0 radical (unpaired) electrons. The Labute approximate surface area is 109 Å². The highest BCUT2D eigenvalue weighted by Gasteiger charge is 2.38. The molecule has 1 saturated carbocycles. The van der Waals surface area contributed by atoms with E-state index in [9.17, 15) is 4.39 Å². The molecule has 18 heavy (non-hydrogen) atoms. The topological polar surface area (TPSA) is 15.3 Å². The summed E-state index contributed by atoms with van der Waals surface area (Å²) in [7, 11) is 4.31. The monoisotopic (exact) mass is 250 g/mol. The van der Waals surface area contributed by atoms with Gasteiger partial charge in [-0.2, -0.15) is 0 Å². The van der Waals surface area contributed by atoms with E-state index >= 15 is 0 Å². The Bertz CT molecular complexity index is 411. The second-order valence-corrected chi connectivity index (χ2v) is 5.65. The molecule has 0 bridgehead atoms. The van der Waals surface area contributed by atoms with Gasteiger partial charge in [0.15, 0.2) is 0 Å². The predicted octanol–water partition coefficient (Wildman–Crippen LogP) is 2.71. The summed E-state index contributed by atoms with van der Waals surface area (Å²) in [6.07, 6.45) is 3.88. The van der Waals surface area contributed by atoms with Crippen LogP contribution >= 0.6 is 0 Å². The van der Waals surface area contributed by atoms with Gasteiger partial charge in [0.25, 0.3) is 0 Å². The number of halogens is 1. The highest BCUT2D eigenvalue weighted by molar-refractivity contribution is 5.26. The Kier molecular flexibility index (Phi) is 4.03. The molecule has 100 valence electrons. The summed E-state index contributed by atoms with van der Waals surface area (Å²) in [5.41, 5.74) is 2.55. The average Bonchev–Trinajstić information content (AvgIpc) is 2.24. The highest BCUT2D eigenvalue weighted by Crippen LogP contribution is 2.35. The van der Waals surface area contributed by atoms with E-state index in [0.29, 0.717) is 5.54 Å². The first-order valence-corrected chi connectivity index (χ1v) is 6.67. The zero-order chi connectivity index (χ0) is 13.2. The maximum Gasteiger partial charge on any atom is 0.123 e. The molecule has 2 rings (SSSR count). The van der Waals surface area contributed by atoms with Gasteiger partial charge >= 0.3 is 0 Å². The number of aryl methyl sites for hydroxylation is 1. The molecule has 0 unspecified atom stereocenters. The van der Waals surface area contributed by atoms with Crippen molar-refractivity contribution in [2.24, 2.45) is 0 Å². The summed E-state index contributed by atoms with van der Waals surface area (Å²) in [6, 6.07) is 5.01. The average molecular weight is 250 g/mol. The first-order chi connectivity index (χ1) is 8.53. The lowest BCUT2D eigenvalue weighted by molar-refractivity contribution is 0.0598. The molecule has 1 aliphatic carbocycles. The molecule has 1 aliphatic rings. The number of likely N-dealkylation sites (N-methyl/N-ethyl adjacent to an activating group) is 1. The van der Waals surface area contributed by atoms with Crippen molar-refractivity contribution in [3.8, 4) is 0 Å². The van der Waals surface area contributed by atoms with Crippen molar-refractivity contribution in [2.75, 3.05) is 20.6 Å². The van der Waals surface area contributed by atoms with Crippen LogP contribution in [0.2, 0.25) is 0 Å². The van der Waals surface area contributed by atoms with Gasteiger partial charge in [0.05, 0.1) is 0 Å². The van der Waals surface area contributed by atoms with E-state index in [1.54, 1.807) is 6.07 Å². The van der Waals surface area contributed by atoms with Crippen molar-refractivity contribution in [1.82, 2.24) is 10.2 Å². The Morgan fingerprint density at radius 1 is 1.33 bits per heavy atom. The Morgan fingerprint density at radius 2 is 2.06 bits per heavy atom. The van der Waals surface area contributed by atoms with Gasteiger partial charge in [-0.25, -0.2) is 4.39 Å². The normalized spacial score (nSPS) is 17.8. The smallest absolute Gasteiger partial charge is 0.123 e. The van der Waals surface area contributed by atoms with Crippen molar-refractivity contribution in [3.63, 3.8) is 0 Å². The zero-order valence-corrected chi connectivity index (χ0v) is 11.6. The summed E-state index contributed by atoms with van der Waals surface area (Å²) in [5.74, 6) is -0.153. The Morgan fingerprint density at radius 3 is 2.56 bits per heavy atom. The van der Waals surface area contributed by atoms with Crippen LogP contribution in [0.5, 0.6) is 0 Å². The minimum Gasteiger partial charge on any atom is -0.311 e. The first kappa shape index (κ1) is 13.5. The van der Waals surface area contributed by atoms with Crippen LogP contribution in [0.3, 0.4) is 0 Å². The molecule has 0 amide bonds. The SMILES string of the molecule is Cc1cc(F)ccc1CNCC1(N(C)C)CCC1. The summed E-state index contributed by atoms with van der Waals surface area (Å²) >= 11 is 0. The molecule has 0 aromatic heterocycles. The summed E-state index contributed by atoms with van der Waals surface area (Å²) in [4.78, 5) is 2.33. The lowest BCUT2D eigenvalue weighted by Crippen LogP contribution is -2.56. The molecular weight excluding hydrogens is 227 g/mol. The number of rotatable bonds is 5. The van der Waals surface area contributed by atoms with Gasteiger partial charge in [0.1, 0.15) is 5.82 Å². The van der Waals surface area contributed by atoms with Crippen molar-refractivity contribution in [3.05, 3.63) is 35.1 Å². The van der Waals surface area contributed by atoms with Crippen molar-refractivity contribution >= 4 is 0 Å². The second-order valence-electron chi connectivity index (χ2n) is 5.65. The van der Waals surface area contributed by atoms with Gasteiger partial charge in [0.2, 0.25) is 0 Å². The molecule has 1 fully saturated rings. The molecular formula is C15H23FN2. The van der Waals surface area contributed by atoms with E-state index in [1.165, 1.54) is 30.9 Å². The van der Waals surface area contributed by atoms with Gasteiger partial charge in [-0.1, -0.05) is 6.07 Å². The molecule has 1 aromatic rings. The number of hydrogen-bond acceptors (Lipinski definition) is 2. The lowest BCUT2D eigenvalue weighted by atomic mass is 9.75. The number of benzene rings is 1. The number of hydrogen-bond donors (Lipinski definition) is 1. The van der Waals surface area contributed by atoms with E-state index in [1.807, 2.05) is 13.0 Å². The van der Waals surface area contributed by atoms with Crippen molar-refractivity contribution in [2.45, 2.75) is 38.3 Å². The standard InChI is InChI=1S/C15H23FN2/c1-12-9-14(16)6-5-13(12)10-17-11-15(18(2)3)7-4-8-15/h5-6,9,17H,4,7-8,10-11H2,1-3H3. The van der Waals surface area contributed by atoms with Crippen molar-refractivity contribution in [1.29, 1.82) is 0 Å². The van der Waals surface area contributed by atoms with E-state index in [4.69, 9.17) is 0 Å². The molecule has 0 heterocycles. The lowest BCUT2D eigenvalue weighted by Gasteiger charge is -2.47. The summed E-state index contributed by atoms with van der Waals surface area (Å²) in [5, 5.41) is 3.52. The maximum atomic E-state index is 13.0. The third-order valence-electron chi connectivity index (χ3n) is 4.31. The van der Waals surface area contributed by atoms with Crippen LogP contribution in [0.15, 0.2) is 18.2 Å². The zero-order valence-electron chi connectivity index (χ0n) is 11.6. The largest absolute Gasteiger partial charge is 0.311 e. The van der Waals surface area contributed by atoms with E-state index in [-0.39, 0.29) is 5.82 Å². The van der Waals surface area contributed by atoms with Gasteiger partial charge in [0, 0.05) is 18.6 Å². The van der Waals surface area contributed by atoms with Crippen LogP contribution in [0, 0.1) is 12.7 Å². The fourth-order valence-corrected chi connectivity index (χ4v) is 2.65. The summed E-state index contributed by atoms with van der Waals surface area (Å²) < 4.78 is 13.0. The quantitative estimate of drug-likeness (QED) is 0.864. The molecule has 0 aliphatic heterocycles. The second kappa shape index (κ2) is 5.37. The molecule has 0 atom stereocenters. The molecule has 0 spiro atoms. The maximum absolute atomic E-state index is 13.0. The number of nitrogens with one attached hydrogen (secondary N) is 1. The molecule has 1 N–H and O–H groups in total. The van der Waals surface area contributed by atoms with Crippen LogP contribution in [-0.4, -0.2) is 31.1 Å². The minimum absolute atomic E-state index is 0.153. The molecule has 0 saturated heterocycles. The summed E-state index contributed by atoms with van der Waals surface area (Å²) in [6.45, 7) is 3.80. The Hall–Kier alpha value is -0.930. The number of nitrogens with zero attached hydrogens (tertiary/aromatic N) is 1. The fourth-order valence-electron chi connectivity index (χ4n) is 2.65. The van der Waals surface area contributed by atoms with Crippen LogP contribution in [0.25, 0.3) is 0 Å². The first-order valence-electron chi connectivity index (χ1n) is 6.67. The van der Waals surface area contributed by atoms with Gasteiger partial charge in [-0.3, -0.25) is 0 Å². The van der Waals surface area contributed by atoms with Crippen LogP contribution in [0.1, 0.15) is 30.4 Å². The van der Waals surface area contributed by atoms with Crippen LogP contribution in [-0.2, 0) is 6.54 Å². The highest BCUT2D eigenvalue weighted by atomic mass is 19.1. The molecule has 3 heteroatoms. The van der Waals surface area contributed by atoms with E-state index in [2.05, 4.69) is 24.3 Å².